The minimum absolute atomic E-state index is 0.00234. The lowest BCUT2D eigenvalue weighted by Crippen LogP contribution is -2.37. The van der Waals surface area contributed by atoms with Crippen molar-refractivity contribution in [2.24, 2.45) is 0 Å². The van der Waals surface area contributed by atoms with Gasteiger partial charge in [-0.15, -0.1) is 0 Å². The van der Waals surface area contributed by atoms with Crippen LogP contribution in [0.2, 0.25) is 0 Å². The topological polar surface area (TPSA) is 70.5 Å². The molecule has 0 aliphatic rings. The number of aliphatic hydroxyl groups is 1. The van der Waals surface area contributed by atoms with Crippen LogP contribution in [0.3, 0.4) is 0 Å². The van der Waals surface area contributed by atoms with Crippen LogP contribution in [0.25, 0.3) is 0 Å². The summed E-state index contributed by atoms with van der Waals surface area (Å²) in [6, 6.07) is 0. The first-order valence-electron chi connectivity index (χ1n) is 6.48. The van der Waals surface area contributed by atoms with Gasteiger partial charge in [0.2, 0.25) is 5.75 Å². The van der Waals surface area contributed by atoms with Gasteiger partial charge >= 0.3 is 6.18 Å². The fourth-order valence-corrected chi connectivity index (χ4v) is 1.74. The SMILES string of the molecule is CCCNc1ncnc(N(CCO)CC(F)(F)F)c1OC. The molecule has 0 unspecified atom stereocenters. The molecule has 0 aliphatic heterocycles. The second kappa shape index (κ2) is 7.87. The van der Waals surface area contributed by atoms with Crippen LogP contribution in [0.5, 0.6) is 5.75 Å². The quantitative estimate of drug-likeness (QED) is 0.761. The Morgan fingerprint density at radius 1 is 1.38 bits per heavy atom. The Hall–Kier alpha value is -1.77. The molecular formula is C12H19F3N4O2. The third-order valence-corrected chi connectivity index (χ3v) is 2.57. The summed E-state index contributed by atoms with van der Waals surface area (Å²) in [4.78, 5) is 8.74. The van der Waals surface area contributed by atoms with Crippen molar-refractivity contribution in [1.82, 2.24) is 9.97 Å². The van der Waals surface area contributed by atoms with Crippen molar-refractivity contribution in [3.05, 3.63) is 6.33 Å². The highest BCUT2D eigenvalue weighted by Crippen LogP contribution is 2.33. The molecule has 6 nitrogen and oxygen atoms in total. The predicted molar refractivity (Wildman–Crippen MR) is 72.7 cm³/mol. The van der Waals surface area contributed by atoms with Gasteiger partial charge in [0.1, 0.15) is 12.9 Å². The minimum atomic E-state index is -4.41. The van der Waals surface area contributed by atoms with Crippen molar-refractivity contribution in [1.29, 1.82) is 0 Å². The van der Waals surface area contributed by atoms with Crippen LogP contribution in [-0.4, -0.2) is 54.6 Å². The van der Waals surface area contributed by atoms with E-state index in [0.29, 0.717) is 12.4 Å². The van der Waals surface area contributed by atoms with Gasteiger partial charge in [-0.05, 0) is 6.42 Å². The minimum Gasteiger partial charge on any atom is -0.490 e. The Morgan fingerprint density at radius 3 is 2.62 bits per heavy atom. The Labute approximate surface area is 121 Å². The molecule has 120 valence electrons. The number of aromatic nitrogens is 2. The molecule has 0 radical (unpaired) electrons. The number of alkyl halides is 3. The molecule has 9 heteroatoms. The van der Waals surface area contributed by atoms with Gasteiger partial charge in [0.25, 0.3) is 0 Å². The number of hydrogen-bond acceptors (Lipinski definition) is 6. The van der Waals surface area contributed by atoms with E-state index in [1.807, 2.05) is 6.92 Å². The van der Waals surface area contributed by atoms with Gasteiger partial charge in [-0.2, -0.15) is 13.2 Å². The van der Waals surface area contributed by atoms with Crippen molar-refractivity contribution in [3.63, 3.8) is 0 Å². The maximum Gasteiger partial charge on any atom is 0.405 e. The number of aliphatic hydroxyl groups excluding tert-OH is 1. The second-order valence-corrected chi connectivity index (χ2v) is 4.27. The van der Waals surface area contributed by atoms with Crippen LogP contribution < -0.4 is 15.0 Å². The van der Waals surface area contributed by atoms with E-state index in [4.69, 9.17) is 9.84 Å². The molecule has 21 heavy (non-hydrogen) atoms. The van der Waals surface area contributed by atoms with Crippen molar-refractivity contribution in [2.45, 2.75) is 19.5 Å². The summed E-state index contributed by atoms with van der Waals surface area (Å²) in [6.45, 7) is 0.685. The molecule has 0 aromatic carbocycles. The first-order chi connectivity index (χ1) is 9.92. The largest absolute Gasteiger partial charge is 0.490 e. The molecule has 0 saturated carbocycles. The van der Waals surface area contributed by atoms with E-state index in [1.54, 1.807) is 0 Å². The summed E-state index contributed by atoms with van der Waals surface area (Å²) in [5, 5.41) is 11.9. The van der Waals surface area contributed by atoms with E-state index in [-0.39, 0.29) is 18.1 Å². The maximum absolute atomic E-state index is 12.6. The lowest BCUT2D eigenvalue weighted by Gasteiger charge is -2.26. The second-order valence-electron chi connectivity index (χ2n) is 4.27. The van der Waals surface area contributed by atoms with E-state index in [2.05, 4.69) is 15.3 Å². The molecule has 0 bridgehead atoms. The zero-order valence-electron chi connectivity index (χ0n) is 11.9. The van der Waals surface area contributed by atoms with Crippen molar-refractivity contribution in [2.75, 3.05) is 43.6 Å². The van der Waals surface area contributed by atoms with E-state index < -0.39 is 19.3 Å². The molecule has 0 fully saturated rings. The molecule has 0 atom stereocenters. The molecule has 1 rings (SSSR count). The average molecular weight is 308 g/mol. The molecule has 0 spiro atoms. The van der Waals surface area contributed by atoms with Crippen LogP contribution in [0.15, 0.2) is 6.33 Å². The standard InChI is InChI=1S/C12H19F3N4O2/c1-3-4-16-10-9(21-2)11(18-8-17-10)19(5-6-20)7-12(13,14)15/h8,20H,3-7H2,1-2H3,(H,16,17,18). The summed E-state index contributed by atoms with van der Waals surface area (Å²) in [6.07, 6.45) is -2.43. The van der Waals surface area contributed by atoms with Crippen LogP contribution in [-0.2, 0) is 0 Å². The number of nitrogens with one attached hydrogen (secondary N) is 1. The lowest BCUT2D eigenvalue weighted by molar-refractivity contribution is -0.120. The van der Waals surface area contributed by atoms with Gasteiger partial charge in [-0.1, -0.05) is 6.92 Å². The monoisotopic (exact) mass is 308 g/mol. The molecule has 0 amide bonds. The normalized spacial score (nSPS) is 11.3. The first kappa shape index (κ1) is 17.3. The van der Waals surface area contributed by atoms with Crippen LogP contribution in [0.4, 0.5) is 24.8 Å². The molecular weight excluding hydrogens is 289 g/mol. The Morgan fingerprint density at radius 2 is 2.10 bits per heavy atom. The van der Waals surface area contributed by atoms with E-state index in [9.17, 15) is 13.2 Å². The number of hydrogen-bond donors (Lipinski definition) is 2. The average Bonchev–Trinajstić information content (AvgIpc) is 2.42. The van der Waals surface area contributed by atoms with Gasteiger partial charge in [0.15, 0.2) is 11.6 Å². The van der Waals surface area contributed by atoms with E-state index >= 15 is 0 Å². The van der Waals surface area contributed by atoms with Crippen molar-refractivity contribution < 1.29 is 23.0 Å². The van der Waals surface area contributed by atoms with Gasteiger partial charge in [0.05, 0.1) is 13.7 Å². The highest BCUT2D eigenvalue weighted by molar-refractivity contribution is 5.64. The fourth-order valence-electron chi connectivity index (χ4n) is 1.74. The van der Waals surface area contributed by atoms with E-state index in [1.165, 1.54) is 7.11 Å². The number of methoxy groups -OCH3 is 1. The summed E-state index contributed by atoms with van der Waals surface area (Å²) in [5.41, 5.74) is 0. The third kappa shape index (κ3) is 5.25. The molecule has 1 aromatic heterocycles. The maximum atomic E-state index is 12.6. The number of anilines is 2. The van der Waals surface area contributed by atoms with Gasteiger partial charge < -0.3 is 20.1 Å². The summed E-state index contributed by atoms with van der Waals surface area (Å²) in [5.74, 6) is 0.454. The summed E-state index contributed by atoms with van der Waals surface area (Å²) < 4.78 is 43.0. The highest BCUT2D eigenvalue weighted by Gasteiger charge is 2.32. The van der Waals surface area contributed by atoms with E-state index in [0.717, 1.165) is 17.6 Å². The lowest BCUT2D eigenvalue weighted by atomic mass is 10.3. The van der Waals surface area contributed by atoms with Crippen molar-refractivity contribution >= 4 is 11.6 Å². The van der Waals surface area contributed by atoms with Crippen LogP contribution in [0, 0.1) is 0 Å². The number of ether oxygens (including phenoxy) is 1. The predicted octanol–water partition coefficient (Wildman–Crippen LogP) is 1.67. The Balaban J connectivity index is 3.11. The number of halogens is 3. The zero-order valence-corrected chi connectivity index (χ0v) is 11.9. The van der Waals surface area contributed by atoms with Crippen molar-refractivity contribution in [3.8, 4) is 5.75 Å². The smallest absolute Gasteiger partial charge is 0.405 e. The number of rotatable bonds is 8. The Bertz CT molecular complexity index is 443. The molecule has 1 aromatic rings. The fraction of sp³-hybridized carbons (Fsp3) is 0.667. The molecule has 0 saturated heterocycles. The zero-order chi connectivity index (χ0) is 15.9. The Kier molecular flexibility index (Phi) is 6.47. The molecule has 0 aliphatic carbocycles. The summed E-state index contributed by atoms with van der Waals surface area (Å²) >= 11 is 0. The summed E-state index contributed by atoms with van der Waals surface area (Å²) in [7, 11) is 1.34. The first-order valence-corrected chi connectivity index (χ1v) is 6.48. The molecule has 1 heterocycles. The highest BCUT2D eigenvalue weighted by atomic mass is 19.4. The van der Waals surface area contributed by atoms with Gasteiger partial charge in [0, 0.05) is 13.1 Å². The van der Waals surface area contributed by atoms with Gasteiger partial charge in [-0.3, -0.25) is 0 Å². The van der Waals surface area contributed by atoms with Crippen LogP contribution >= 0.6 is 0 Å². The molecule has 2 N–H and O–H groups in total. The number of nitrogens with zero attached hydrogens (tertiary/aromatic N) is 3. The third-order valence-electron chi connectivity index (χ3n) is 2.57. The van der Waals surface area contributed by atoms with Gasteiger partial charge in [-0.25, -0.2) is 9.97 Å². The van der Waals surface area contributed by atoms with Crippen LogP contribution in [0.1, 0.15) is 13.3 Å².